The Bertz CT molecular complexity index is 908. The van der Waals surface area contributed by atoms with E-state index in [1.807, 2.05) is 27.7 Å². The summed E-state index contributed by atoms with van der Waals surface area (Å²) in [6.45, 7) is 13.8. The number of carbonyl (C=O) groups is 1. The van der Waals surface area contributed by atoms with Crippen LogP contribution in [0.1, 0.15) is 54.9 Å². The minimum absolute atomic E-state index is 0.200. The highest BCUT2D eigenvalue weighted by Gasteiger charge is 2.51. The summed E-state index contributed by atoms with van der Waals surface area (Å²) in [5.74, 6) is 0. The molecule has 1 unspecified atom stereocenters. The number of benzene rings is 1. The Labute approximate surface area is 185 Å². The molecule has 2 heterocycles. The van der Waals surface area contributed by atoms with Crippen LogP contribution in [0.5, 0.6) is 0 Å². The first-order valence-electron chi connectivity index (χ1n) is 10.6. The van der Waals surface area contributed by atoms with Crippen molar-refractivity contribution in [3.05, 3.63) is 24.3 Å². The molecule has 0 radical (unpaired) electrons. The van der Waals surface area contributed by atoms with E-state index in [9.17, 15) is 13.2 Å². The number of carbonyl (C=O) groups excluding carboxylic acids is 1. The zero-order chi connectivity index (χ0) is 23.2. The Morgan fingerprint density at radius 2 is 1.68 bits per heavy atom. The maximum absolute atomic E-state index is 13.1. The number of ether oxygens (including phenoxy) is 1. The van der Waals surface area contributed by atoms with Crippen molar-refractivity contribution in [2.24, 2.45) is 0 Å². The van der Waals surface area contributed by atoms with Gasteiger partial charge in [-0.05, 0) is 72.5 Å². The molecule has 31 heavy (non-hydrogen) atoms. The third kappa shape index (κ3) is 5.24. The summed E-state index contributed by atoms with van der Waals surface area (Å²) in [6, 6.07) is 6.31. The van der Waals surface area contributed by atoms with Gasteiger partial charge in [-0.2, -0.15) is 4.31 Å². The first kappa shape index (κ1) is 24.0. The summed E-state index contributed by atoms with van der Waals surface area (Å²) in [4.78, 5) is 12.2. The smallest absolute Gasteiger partial charge is 0.444 e. The quantitative estimate of drug-likeness (QED) is 0.705. The Hall–Kier alpha value is -1.62. The largest absolute Gasteiger partial charge is 0.494 e. The van der Waals surface area contributed by atoms with Crippen LogP contribution in [0.15, 0.2) is 29.2 Å². The second-order valence-corrected chi connectivity index (χ2v) is 12.1. The van der Waals surface area contributed by atoms with Crippen LogP contribution in [-0.4, -0.2) is 61.9 Å². The summed E-state index contributed by atoms with van der Waals surface area (Å²) < 4.78 is 44.8. The van der Waals surface area contributed by atoms with Gasteiger partial charge in [0.25, 0.3) is 0 Å². The number of alkyl carbamates (subject to hydrolysis) is 1. The maximum atomic E-state index is 13.1. The molecule has 8 nitrogen and oxygen atoms in total. The Kier molecular flexibility index (Phi) is 6.25. The van der Waals surface area contributed by atoms with Crippen LogP contribution in [0.3, 0.4) is 0 Å². The van der Waals surface area contributed by atoms with E-state index in [1.54, 1.807) is 45.0 Å². The van der Waals surface area contributed by atoms with E-state index in [0.29, 0.717) is 13.0 Å². The van der Waals surface area contributed by atoms with E-state index in [-0.39, 0.29) is 17.5 Å². The molecule has 10 heteroatoms. The molecule has 0 aliphatic carbocycles. The van der Waals surface area contributed by atoms with E-state index in [1.165, 1.54) is 4.31 Å². The van der Waals surface area contributed by atoms with Gasteiger partial charge in [-0.1, -0.05) is 12.1 Å². The second-order valence-electron chi connectivity index (χ2n) is 10.2. The van der Waals surface area contributed by atoms with Gasteiger partial charge in [0.1, 0.15) is 5.60 Å². The molecule has 0 spiro atoms. The molecule has 172 valence electrons. The van der Waals surface area contributed by atoms with E-state index >= 15 is 0 Å². The lowest BCUT2D eigenvalue weighted by molar-refractivity contribution is 0.00578. The average molecular weight is 452 g/mol. The van der Waals surface area contributed by atoms with Crippen molar-refractivity contribution in [2.45, 2.75) is 82.6 Å². The SMILES string of the molecule is CC(C)(C)OC(=O)NC1CCN(S(=O)(=O)c2ccc(B3OC(C)(C)C(C)(C)O3)cc2)C1. The maximum Gasteiger partial charge on any atom is 0.494 e. The molecule has 0 aromatic heterocycles. The Morgan fingerprint density at radius 3 is 2.19 bits per heavy atom. The van der Waals surface area contributed by atoms with E-state index < -0.39 is 40.0 Å². The number of rotatable bonds is 4. The molecule has 2 aliphatic rings. The van der Waals surface area contributed by atoms with Crippen molar-refractivity contribution in [3.63, 3.8) is 0 Å². The lowest BCUT2D eigenvalue weighted by Gasteiger charge is -2.32. The van der Waals surface area contributed by atoms with Gasteiger partial charge in [-0.15, -0.1) is 0 Å². The molecule has 0 saturated carbocycles. The first-order valence-corrected chi connectivity index (χ1v) is 12.0. The highest BCUT2D eigenvalue weighted by Crippen LogP contribution is 2.36. The van der Waals surface area contributed by atoms with Crippen LogP contribution in [0.4, 0.5) is 4.79 Å². The van der Waals surface area contributed by atoms with Crippen molar-refractivity contribution >= 4 is 28.7 Å². The van der Waals surface area contributed by atoms with E-state index in [4.69, 9.17) is 14.0 Å². The Balaban J connectivity index is 1.65. The summed E-state index contributed by atoms with van der Waals surface area (Å²) >= 11 is 0. The van der Waals surface area contributed by atoms with Gasteiger partial charge in [0.05, 0.1) is 16.1 Å². The fourth-order valence-corrected chi connectivity index (χ4v) is 4.96. The summed E-state index contributed by atoms with van der Waals surface area (Å²) in [5, 5.41) is 2.75. The number of hydrogen-bond donors (Lipinski definition) is 1. The lowest BCUT2D eigenvalue weighted by Crippen LogP contribution is -2.41. The van der Waals surface area contributed by atoms with Crippen LogP contribution >= 0.6 is 0 Å². The average Bonchev–Trinajstić information content (AvgIpc) is 3.16. The standard InChI is InChI=1S/C21H33BN2O6S/c1-19(2,3)28-18(25)23-16-12-13-24(14-16)31(26,27)17-10-8-15(9-11-17)22-29-20(4,5)21(6,7)30-22/h8-11,16H,12-14H2,1-7H3,(H,23,25). The number of nitrogens with one attached hydrogen (secondary N) is 1. The van der Waals surface area contributed by atoms with Crippen LogP contribution in [0.25, 0.3) is 0 Å². The fourth-order valence-electron chi connectivity index (χ4n) is 3.46. The Morgan fingerprint density at radius 1 is 1.13 bits per heavy atom. The highest BCUT2D eigenvalue weighted by molar-refractivity contribution is 7.89. The zero-order valence-electron chi connectivity index (χ0n) is 19.4. The van der Waals surface area contributed by atoms with Crippen molar-refractivity contribution < 1.29 is 27.3 Å². The van der Waals surface area contributed by atoms with Gasteiger partial charge in [0, 0.05) is 19.1 Å². The number of nitrogens with zero attached hydrogens (tertiary/aromatic N) is 1. The van der Waals surface area contributed by atoms with Gasteiger partial charge >= 0.3 is 13.2 Å². The number of amides is 1. The summed E-state index contributed by atoms with van der Waals surface area (Å²) in [6.07, 6.45) is -0.00620. The summed E-state index contributed by atoms with van der Waals surface area (Å²) in [7, 11) is -4.21. The second kappa shape index (κ2) is 8.06. The molecule has 2 aliphatic heterocycles. The van der Waals surface area contributed by atoms with Gasteiger partial charge in [0.15, 0.2) is 0 Å². The third-order valence-corrected chi connectivity index (χ3v) is 7.79. The van der Waals surface area contributed by atoms with Gasteiger partial charge in [-0.25, -0.2) is 13.2 Å². The normalized spacial score (nSPS) is 23.7. The van der Waals surface area contributed by atoms with Gasteiger partial charge < -0.3 is 19.4 Å². The number of sulfonamides is 1. The first-order chi connectivity index (χ1) is 14.1. The van der Waals surface area contributed by atoms with Crippen molar-refractivity contribution in [2.75, 3.05) is 13.1 Å². The predicted octanol–water partition coefficient (Wildman–Crippen LogP) is 2.27. The highest BCUT2D eigenvalue weighted by atomic mass is 32.2. The van der Waals surface area contributed by atoms with Crippen LogP contribution in [-0.2, 0) is 24.1 Å². The molecule has 3 rings (SSSR count). The molecule has 1 amide bonds. The molecule has 2 fully saturated rings. The zero-order valence-corrected chi connectivity index (χ0v) is 20.2. The summed E-state index contributed by atoms with van der Waals surface area (Å²) in [5.41, 5.74) is -0.765. The molecule has 1 atom stereocenters. The number of hydrogen-bond acceptors (Lipinski definition) is 6. The molecule has 1 N–H and O–H groups in total. The van der Waals surface area contributed by atoms with Gasteiger partial charge in [0.2, 0.25) is 10.0 Å². The van der Waals surface area contributed by atoms with E-state index in [0.717, 1.165) is 5.46 Å². The van der Waals surface area contributed by atoms with Crippen LogP contribution in [0.2, 0.25) is 0 Å². The lowest BCUT2D eigenvalue weighted by atomic mass is 9.79. The molecule has 1 aromatic carbocycles. The fraction of sp³-hybridized carbons (Fsp3) is 0.667. The van der Waals surface area contributed by atoms with Crippen LogP contribution < -0.4 is 10.8 Å². The van der Waals surface area contributed by atoms with Crippen molar-refractivity contribution in [1.29, 1.82) is 0 Å². The molecule has 0 bridgehead atoms. The molecular weight excluding hydrogens is 419 g/mol. The molecule has 1 aromatic rings. The molecule has 2 saturated heterocycles. The molecular formula is C21H33BN2O6S. The van der Waals surface area contributed by atoms with Crippen molar-refractivity contribution in [1.82, 2.24) is 9.62 Å². The predicted molar refractivity (Wildman–Crippen MR) is 119 cm³/mol. The monoisotopic (exact) mass is 452 g/mol. The van der Waals surface area contributed by atoms with Gasteiger partial charge in [-0.3, -0.25) is 0 Å². The topological polar surface area (TPSA) is 94.2 Å². The minimum Gasteiger partial charge on any atom is -0.444 e. The van der Waals surface area contributed by atoms with Crippen molar-refractivity contribution in [3.8, 4) is 0 Å². The third-order valence-electron chi connectivity index (χ3n) is 5.92. The minimum atomic E-state index is -3.67. The van der Waals surface area contributed by atoms with Crippen LogP contribution in [0, 0.1) is 0 Å². The van der Waals surface area contributed by atoms with E-state index in [2.05, 4.69) is 5.32 Å².